The average Bonchev–Trinajstić information content (AvgIpc) is 2.17. The summed E-state index contributed by atoms with van der Waals surface area (Å²) in [6.45, 7) is 9.99. The van der Waals surface area contributed by atoms with Crippen molar-refractivity contribution in [3.63, 3.8) is 0 Å². The van der Waals surface area contributed by atoms with Crippen LogP contribution in [-0.2, 0) is 6.54 Å². The highest BCUT2D eigenvalue weighted by molar-refractivity contribution is 6.76. The SMILES string of the molecule is C[Si](C)(C)CN(CCN)Cc1ccccc1. The van der Waals surface area contributed by atoms with Crippen molar-refractivity contribution in [2.24, 2.45) is 5.73 Å². The summed E-state index contributed by atoms with van der Waals surface area (Å²) in [6, 6.07) is 10.6. The summed E-state index contributed by atoms with van der Waals surface area (Å²) in [5.74, 6) is 0. The van der Waals surface area contributed by atoms with Crippen molar-refractivity contribution >= 4 is 8.07 Å². The molecule has 16 heavy (non-hydrogen) atoms. The minimum Gasteiger partial charge on any atom is -0.329 e. The van der Waals surface area contributed by atoms with Crippen LogP contribution in [-0.4, -0.2) is 32.2 Å². The molecule has 0 amide bonds. The summed E-state index contributed by atoms with van der Waals surface area (Å²) in [6.07, 6.45) is 1.22. The van der Waals surface area contributed by atoms with Crippen LogP contribution in [0.15, 0.2) is 30.3 Å². The van der Waals surface area contributed by atoms with Crippen LogP contribution in [0, 0.1) is 0 Å². The van der Waals surface area contributed by atoms with E-state index in [0.717, 1.165) is 19.6 Å². The standard InChI is InChI=1S/C13H24N2Si/c1-16(2,3)12-15(10-9-14)11-13-7-5-4-6-8-13/h4-8H,9-12,14H2,1-3H3. The van der Waals surface area contributed by atoms with Crippen molar-refractivity contribution in [1.82, 2.24) is 4.90 Å². The van der Waals surface area contributed by atoms with Crippen LogP contribution in [0.25, 0.3) is 0 Å². The highest BCUT2D eigenvalue weighted by atomic mass is 28.3. The number of nitrogens with two attached hydrogens (primary N) is 1. The fourth-order valence-corrected chi connectivity index (χ4v) is 3.52. The number of hydrogen-bond acceptors (Lipinski definition) is 2. The van der Waals surface area contributed by atoms with Crippen LogP contribution in [0.2, 0.25) is 19.6 Å². The zero-order valence-corrected chi connectivity index (χ0v) is 11.7. The highest BCUT2D eigenvalue weighted by Crippen LogP contribution is 2.09. The molecule has 0 saturated carbocycles. The van der Waals surface area contributed by atoms with Gasteiger partial charge in [0.15, 0.2) is 0 Å². The maximum absolute atomic E-state index is 5.68. The Hall–Kier alpha value is -0.643. The number of rotatable bonds is 6. The molecule has 0 aliphatic carbocycles. The van der Waals surface area contributed by atoms with E-state index in [9.17, 15) is 0 Å². The summed E-state index contributed by atoms with van der Waals surface area (Å²) < 4.78 is 0. The maximum atomic E-state index is 5.68. The predicted octanol–water partition coefficient (Wildman–Crippen LogP) is 2.32. The van der Waals surface area contributed by atoms with Crippen LogP contribution < -0.4 is 5.73 Å². The molecule has 0 unspecified atom stereocenters. The lowest BCUT2D eigenvalue weighted by Crippen LogP contribution is -2.42. The number of benzene rings is 1. The molecule has 2 nitrogen and oxygen atoms in total. The van der Waals surface area contributed by atoms with Crippen LogP contribution >= 0.6 is 0 Å². The Morgan fingerprint density at radius 1 is 1.12 bits per heavy atom. The second-order valence-electron chi connectivity index (χ2n) is 5.55. The van der Waals surface area contributed by atoms with Gasteiger partial charge in [-0.3, -0.25) is 0 Å². The van der Waals surface area contributed by atoms with E-state index in [0.29, 0.717) is 0 Å². The largest absolute Gasteiger partial charge is 0.329 e. The maximum Gasteiger partial charge on any atom is 0.0599 e. The van der Waals surface area contributed by atoms with Crippen molar-refractivity contribution in [3.8, 4) is 0 Å². The van der Waals surface area contributed by atoms with Gasteiger partial charge in [0.05, 0.1) is 8.07 Å². The number of hydrogen-bond donors (Lipinski definition) is 1. The third kappa shape index (κ3) is 5.44. The molecule has 3 heteroatoms. The molecule has 0 saturated heterocycles. The average molecular weight is 236 g/mol. The molecular weight excluding hydrogens is 212 g/mol. The van der Waals surface area contributed by atoms with E-state index >= 15 is 0 Å². The van der Waals surface area contributed by atoms with Gasteiger partial charge in [0.2, 0.25) is 0 Å². The third-order valence-electron chi connectivity index (χ3n) is 2.39. The molecular formula is C13H24N2Si. The zero-order valence-electron chi connectivity index (χ0n) is 10.7. The normalized spacial score (nSPS) is 12.1. The van der Waals surface area contributed by atoms with Gasteiger partial charge in [0.1, 0.15) is 0 Å². The molecule has 1 aromatic rings. The van der Waals surface area contributed by atoms with Gasteiger partial charge < -0.3 is 10.6 Å². The molecule has 0 aliphatic rings. The monoisotopic (exact) mass is 236 g/mol. The van der Waals surface area contributed by atoms with Crippen molar-refractivity contribution in [3.05, 3.63) is 35.9 Å². The fourth-order valence-electron chi connectivity index (χ4n) is 1.91. The van der Waals surface area contributed by atoms with Crippen LogP contribution in [0.1, 0.15) is 5.56 Å². The first-order valence-electron chi connectivity index (χ1n) is 5.97. The van der Waals surface area contributed by atoms with Gasteiger partial charge in [0, 0.05) is 19.6 Å². The topological polar surface area (TPSA) is 29.3 Å². The summed E-state index contributed by atoms with van der Waals surface area (Å²) in [4.78, 5) is 2.49. The fraction of sp³-hybridized carbons (Fsp3) is 0.538. The first kappa shape index (κ1) is 13.4. The first-order chi connectivity index (χ1) is 7.51. The lowest BCUT2D eigenvalue weighted by molar-refractivity contribution is 0.313. The van der Waals surface area contributed by atoms with Crippen molar-refractivity contribution in [2.45, 2.75) is 26.2 Å². The molecule has 0 fully saturated rings. The first-order valence-corrected chi connectivity index (χ1v) is 9.68. The second-order valence-corrected chi connectivity index (χ2v) is 11.0. The molecule has 0 radical (unpaired) electrons. The summed E-state index contributed by atoms with van der Waals surface area (Å²) in [5.41, 5.74) is 7.06. The Morgan fingerprint density at radius 2 is 1.75 bits per heavy atom. The summed E-state index contributed by atoms with van der Waals surface area (Å²) >= 11 is 0. The van der Waals surface area contributed by atoms with Gasteiger partial charge in [-0.15, -0.1) is 0 Å². The smallest absolute Gasteiger partial charge is 0.0599 e. The van der Waals surface area contributed by atoms with E-state index in [2.05, 4.69) is 54.9 Å². The van der Waals surface area contributed by atoms with E-state index in [4.69, 9.17) is 5.73 Å². The van der Waals surface area contributed by atoms with Gasteiger partial charge in [0.25, 0.3) is 0 Å². The molecule has 0 bridgehead atoms. The lowest BCUT2D eigenvalue weighted by Gasteiger charge is -2.28. The van der Waals surface area contributed by atoms with Gasteiger partial charge in [-0.1, -0.05) is 50.0 Å². The molecule has 0 aliphatic heterocycles. The predicted molar refractivity (Wildman–Crippen MR) is 74.1 cm³/mol. The highest BCUT2D eigenvalue weighted by Gasteiger charge is 2.17. The molecule has 1 rings (SSSR count). The van der Waals surface area contributed by atoms with Crippen LogP contribution in [0.4, 0.5) is 0 Å². The summed E-state index contributed by atoms with van der Waals surface area (Å²) in [5, 5.41) is 0. The van der Waals surface area contributed by atoms with E-state index < -0.39 is 8.07 Å². The Morgan fingerprint density at radius 3 is 2.25 bits per heavy atom. The molecule has 0 atom stereocenters. The van der Waals surface area contributed by atoms with Gasteiger partial charge in [-0.05, 0) is 11.7 Å². The van der Waals surface area contributed by atoms with Crippen LogP contribution in [0.3, 0.4) is 0 Å². The molecule has 0 aromatic heterocycles. The Kier molecular flexibility index (Phi) is 5.18. The molecule has 0 spiro atoms. The Bertz CT molecular complexity index is 293. The number of nitrogens with zero attached hydrogens (tertiary/aromatic N) is 1. The molecule has 2 N–H and O–H groups in total. The van der Waals surface area contributed by atoms with E-state index in [1.807, 2.05) is 0 Å². The van der Waals surface area contributed by atoms with Crippen LogP contribution in [0.5, 0.6) is 0 Å². The Labute approximate surface area is 100 Å². The lowest BCUT2D eigenvalue weighted by atomic mass is 10.2. The van der Waals surface area contributed by atoms with E-state index in [-0.39, 0.29) is 0 Å². The van der Waals surface area contributed by atoms with E-state index in [1.165, 1.54) is 11.7 Å². The molecule has 0 heterocycles. The third-order valence-corrected chi connectivity index (χ3v) is 3.79. The van der Waals surface area contributed by atoms with E-state index in [1.54, 1.807) is 0 Å². The van der Waals surface area contributed by atoms with Gasteiger partial charge >= 0.3 is 0 Å². The quantitative estimate of drug-likeness (QED) is 0.768. The summed E-state index contributed by atoms with van der Waals surface area (Å²) in [7, 11) is -1.04. The Balaban J connectivity index is 2.58. The van der Waals surface area contributed by atoms with Crippen molar-refractivity contribution in [2.75, 3.05) is 19.3 Å². The van der Waals surface area contributed by atoms with Gasteiger partial charge in [-0.25, -0.2) is 0 Å². The van der Waals surface area contributed by atoms with Crippen molar-refractivity contribution in [1.29, 1.82) is 0 Å². The van der Waals surface area contributed by atoms with Gasteiger partial charge in [-0.2, -0.15) is 0 Å². The second kappa shape index (κ2) is 6.18. The van der Waals surface area contributed by atoms with Crippen molar-refractivity contribution < 1.29 is 0 Å². The zero-order chi connectivity index (χ0) is 12.0. The minimum atomic E-state index is -1.04. The minimum absolute atomic E-state index is 0.747. The molecule has 90 valence electrons. The molecule has 1 aromatic carbocycles.